The van der Waals surface area contributed by atoms with Gasteiger partial charge in [-0.05, 0) is 19.2 Å². The van der Waals surface area contributed by atoms with Gasteiger partial charge in [0.15, 0.2) is 11.5 Å². The monoisotopic (exact) mass is 223 g/mol. The van der Waals surface area contributed by atoms with Crippen molar-refractivity contribution in [2.75, 3.05) is 27.3 Å². The molecule has 0 bridgehead atoms. The van der Waals surface area contributed by atoms with E-state index in [1.165, 1.54) is 5.56 Å². The molecule has 0 aliphatic rings. The fraction of sp³-hybridized carbons (Fsp3) is 0.538. The number of hydrogen-bond donors (Lipinski definition) is 0. The maximum absolute atomic E-state index is 5.41. The standard InChI is InChI=1S/C13H21NO2/c1-5-14(6-2)10-11-8-7-9-12(15-3)13(11)16-4/h7-9H,5-6,10H2,1-4H3. The summed E-state index contributed by atoms with van der Waals surface area (Å²) in [6.07, 6.45) is 0. The van der Waals surface area contributed by atoms with E-state index in [2.05, 4.69) is 24.8 Å². The Labute approximate surface area is 98.0 Å². The van der Waals surface area contributed by atoms with Gasteiger partial charge < -0.3 is 9.47 Å². The second kappa shape index (κ2) is 6.38. The first kappa shape index (κ1) is 12.8. The van der Waals surface area contributed by atoms with Crippen LogP contribution in [-0.2, 0) is 6.54 Å². The Morgan fingerprint density at radius 1 is 1.06 bits per heavy atom. The number of para-hydroxylation sites is 1. The molecule has 1 aromatic carbocycles. The highest BCUT2D eigenvalue weighted by Gasteiger charge is 2.11. The molecule has 0 aliphatic heterocycles. The van der Waals surface area contributed by atoms with Crippen molar-refractivity contribution in [1.29, 1.82) is 0 Å². The molecule has 90 valence electrons. The molecule has 0 saturated heterocycles. The molecule has 1 rings (SSSR count). The summed E-state index contributed by atoms with van der Waals surface area (Å²) in [6, 6.07) is 6.00. The third kappa shape index (κ3) is 2.89. The van der Waals surface area contributed by atoms with Crippen molar-refractivity contribution in [3.63, 3.8) is 0 Å². The molecule has 0 fully saturated rings. The van der Waals surface area contributed by atoms with E-state index < -0.39 is 0 Å². The second-order valence-electron chi connectivity index (χ2n) is 3.61. The number of nitrogens with zero attached hydrogens (tertiary/aromatic N) is 1. The third-order valence-corrected chi connectivity index (χ3v) is 2.77. The first-order chi connectivity index (χ1) is 7.76. The summed E-state index contributed by atoms with van der Waals surface area (Å²) in [5.74, 6) is 1.64. The molecule has 0 unspecified atom stereocenters. The van der Waals surface area contributed by atoms with Crippen LogP contribution in [0.3, 0.4) is 0 Å². The SMILES string of the molecule is CCN(CC)Cc1cccc(OC)c1OC. The zero-order valence-corrected chi connectivity index (χ0v) is 10.6. The van der Waals surface area contributed by atoms with Crippen LogP contribution in [0.1, 0.15) is 19.4 Å². The van der Waals surface area contributed by atoms with Gasteiger partial charge in [-0.3, -0.25) is 4.90 Å². The molecule has 0 N–H and O–H groups in total. The lowest BCUT2D eigenvalue weighted by Gasteiger charge is -2.20. The highest BCUT2D eigenvalue weighted by molar-refractivity contribution is 5.46. The summed E-state index contributed by atoms with van der Waals surface area (Å²) >= 11 is 0. The molecule has 0 saturated carbocycles. The van der Waals surface area contributed by atoms with Gasteiger partial charge >= 0.3 is 0 Å². The number of benzene rings is 1. The molecule has 3 heteroatoms. The van der Waals surface area contributed by atoms with Crippen LogP contribution in [0.5, 0.6) is 11.5 Å². The quantitative estimate of drug-likeness (QED) is 0.739. The largest absolute Gasteiger partial charge is 0.493 e. The zero-order valence-electron chi connectivity index (χ0n) is 10.6. The van der Waals surface area contributed by atoms with Crippen molar-refractivity contribution in [2.45, 2.75) is 20.4 Å². The summed E-state index contributed by atoms with van der Waals surface area (Å²) < 4.78 is 10.7. The van der Waals surface area contributed by atoms with Crippen molar-refractivity contribution in [3.05, 3.63) is 23.8 Å². The summed E-state index contributed by atoms with van der Waals surface area (Å²) in [7, 11) is 3.35. The van der Waals surface area contributed by atoms with Gasteiger partial charge in [-0.2, -0.15) is 0 Å². The number of ether oxygens (including phenoxy) is 2. The highest BCUT2D eigenvalue weighted by Crippen LogP contribution is 2.31. The molecular formula is C13H21NO2. The molecule has 0 spiro atoms. The van der Waals surface area contributed by atoms with E-state index in [1.54, 1.807) is 14.2 Å². The lowest BCUT2D eigenvalue weighted by atomic mass is 10.1. The number of methoxy groups -OCH3 is 2. The minimum absolute atomic E-state index is 0.798. The second-order valence-corrected chi connectivity index (χ2v) is 3.61. The average molecular weight is 223 g/mol. The van der Waals surface area contributed by atoms with Crippen LogP contribution in [0.25, 0.3) is 0 Å². The first-order valence-corrected chi connectivity index (χ1v) is 5.69. The molecule has 0 amide bonds. The molecule has 16 heavy (non-hydrogen) atoms. The predicted octanol–water partition coefficient (Wildman–Crippen LogP) is 2.55. The first-order valence-electron chi connectivity index (χ1n) is 5.69. The van der Waals surface area contributed by atoms with Crippen LogP contribution < -0.4 is 9.47 Å². The van der Waals surface area contributed by atoms with E-state index in [4.69, 9.17) is 9.47 Å². The van der Waals surface area contributed by atoms with E-state index in [0.717, 1.165) is 31.1 Å². The van der Waals surface area contributed by atoms with Crippen LogP contribution in [-0.4, -0.2) is 32.2 Å². The Morgan fingerprint density at radius 2 is 1.75 bits per heavy atom. The van der Waals surface area contributed by atoms with Gasteiger partial charge in [0.1, 0.15) is 0 Å². The van der Waals surface area contributed by atoms with E-state index in [-0.39, 0.29) is 0 Å². The zero-order chi connectivity index (χ0) is 12.0. The minimum atomic E-state index is 0.798. The Hall–Kier alpha value is -1.22. The van der Waals surface area contributed by atoms with Crippen molar-refractivity contribution in [3.8, 4) is 11.5 Å². The lowest BCUT2D eigenvalue weighted by molar-refractivity contribution is 0.285. The molecule has 0 atom stereocenters. The van der Waals surface area contributed by atoms with Gasteiger partial charge in [-0.1, -0.05) is 26.0 Å². The maximum atomic E-state index is 5.41. The predicted molar refractivity (Wildman–Crippen MR) is 66.2 cm³/mol. The Morgan fingerprint density at radius 3 is 2.25 bits per heavy atom. The van der Waals surface area contributed by atoms with Crippen molar-refractivity contribution in [2.24, 2.45) is 0 Å². The fourth-order valence-corrected chi connectivity index (χ4v) is 1.77. The van der Waals surface area contributed by atoms with Crippen molar-refractivity contribution >= 4 is 0 Å². The molecule has 0 radical (unpaired) electrons. The Bertz CT molecular complexity index is 322. The molecule has 3 nitrogen and oxygen atoms in total. The third-order valence-electron chi connectivity index (χ3n) is 2.77. The van der Waals surface area contributed by atoms with Crippen molar-refractivity contribution in [1.82, 2.24) is 4.90 Å². The van der Waals surface area contributed by atoms with Gasteiger partial charge in [0.2, 0.25) is 0 Å². The lowest BCUT2D eigenvalue weighted by Crippen LogP contribution is -2.22. The van der Waals surface area contributed by atoms with Gasteiger partial charge in [0.05, 0.1) is 14.2 Å². The number of hydrogen-bond acceptors (Lipinski definition) is 3. The van der Waals surface area contributed by atoms with Gasteiger partial charge in [-0.25, -0.2) is 0 Å². The Balaban J connectivity index is 2.94. The van der Waals surface area contributed by atoms with Gasteiger partial charge in [-0.15, -0.1) is 0 Å². The topological polar surface area (TPSA) is 21.7 Å². The fourth-order valence-electron chi connectivity index (χ4n) is 1.77. The molecule has 0 heterocycles. The van der Waals surface area contributed by atoms with Gasteiger partial charge in [0, 0.05) is 12.1 Å². The van der Waals surface area contributed by atoms with E-state index >= 15 is 0 Å². The molecule has 0 aliphatic carbocycles. The molecular weight excluding hydrogens is 202 g/mol. The van der Waals surface area contributed by atoms with Crippen LogP contribution in [0.4, 0.5) is 0 Å². The van der Waals surface area contributed by atoms with Crippen LogP contribution in [0, 0.1) is 0 Å². The average Bonchev–Trinajstić information content (AvgIpc) is 2.35. The van der Waals surface area contributed by atoms with Crippen LogP contribution >= 0.6 is 0 Å². The molecule has 1 aromatic rings. The Kier molecular flexibility index (Phi) is 5.12. The summed E-state index contributed by atoms with van der Waals surface area (Å²) in [6.45, 7) is 7.30. The normalized spacial score (nSPS) is 10.6. The summed E-state index contributed by atoms with van der Waals surface area (Å²) in [4.78, 5) is 2.34. The van der Waals surface area contributed by atoms with Crippen LogP contribution in [0.15, 0.2) is 18.2 Å². The van der Waals surface area contributed by atoms with E-state index in [1.807, 2.05) is 12.1 Å². The van der Waals surface area contributed by atoms with Crippen LogP contribution in [0.2, 0.25) is 0 Å². The smallest absolute Gasteiger partial charge is 0.165 e. The summed E-state index contributed by atoms with van der Waals surface area (Å²) in [5, 5.41) is 0. The van der Waals surface area contributed by atoms with Gasteiger partial charge in [0.25, 0.3) is 0 Å². The van der Waals surface area contributed by atoms with E-state index in [0.29, 0.717) is 0 Å². The number of rotatable bonds is 6. The van der Waals surface area contributed by atoms with Crippen molar-refractivity contribution < 1.29 is 9.47 Å². The molecule has 0 aromatic heterocycles. The summed E-state index contributed by atoms with van der Waals surface area (Å²) in [5.41, 5.74) is 1.17. The maximum Gasteiger partial charge on any atom is 0.165 e. The minimum Gasteiger partial charge on any atom is -0.493 e. The highest BCUT2D eigenvalue weighted by atomic mass is 16.5. The van der Waals surface area contributed by atoms with E-state index in [9.17, 15) is 0 Å².